The zero-order valence-corrected chi connectivity index (χ0v) is 13.3. The van der Waals surface area contributed by atoms with E-state index in [0.717, 1.165) is 5.92 Å². The molecule has 1 spiro atoms. The van der Waals surface area contributed by atoms with Gasteiger partial charge in [0.1, 0.15) is 0 Å². The van der Waals surface area contributed by atoms with Crippen LogP contribution in [0.5, 0.6) is 0 Å². The molecule has 2 aliphatic rings. The number of fused-ring (bicyclic) bond motifs is 1. The SMILES string of the molecule is CC.Cc1ccc2c(c1)C(C)C1(CCN(C)CC1)C2. The molecule has 1 nitrogen and oxygen atoms in total. The molecule has 0 amide bonds. The van der Waals surface area contributed by atoms with Crippen LogP contribution >= 0.6 is 0 Å². The van der Waals surface area contributed by atoms with E-state index in [1.807, 2.05) is 13.8 Å². The van der Waals surface area contributed by atoms with Crippen LogP contribution in [0.2, 0.25) is 0 Å². The van der Waals surface area contributed by atoms with Crippen LogP contribution in [-0.4, -0.2) is 25.0 Å². The normalized spacial score (nSPS) is 24.8. The van der Waals surface area contributed by atoms with E-state index in [9.17, 15) is 0 Å². The minimum absolute atomic E-state index is 0.572. The first-order valence-electron chi connectivity index (χ1n) is 7.89. The second-order valence-electron chi connectivity index (χ2n) is 6.27. The van der Waals surface area contributed by atoms with Gasteiger partial charge in [-0.15, -0.1) is 0 Å². The molecule has 0 radical (unpaired) electrons. The summed E-state index contributed by atoms with van der Waals surface area (Å²) in [7, 11) is 2.25. The maximum atomic E-state index is 2.48. The molecule has 1 aromatic rings. The molecule has 1 unspecified atom stereocenters. The Labute approximate surface area is 119 Å². The third-order valence-electron chi connectivity index (χ3n) is 5.21. The van der Waals surface area contributed by atoms with Gasteiger partial charge in [-0.25, -0.2) is 0 Å². The summed E-state index contributed by atoms with van der Waals surface area (Å²) < 4.78 is 0. The fraction of sp³-hybridized carbons (Fsp3) is 0.667. The van der Waals surface area contributed by atoms with E-state index in [4.69, 9.17) is 0 Å². The molecule has 1 fully saturated rings. The Bertz CT molecular complexity index is 427. The molecule has 3 rings (SSSR count). The molecule has 1 atom stereocenters. The summed E-state index contributed by atoms with van der Waals surface area (Å²) in [4.78, 5) is 2.48. The number of hydrogen-bond acceptors (Lipinski definition) is 1. The summed E-state index contributed by atoms with van der Waals surface area (Å²) in [5, 5.41) is 0. The zero-order valence-electron chi connectivity index (χ0n) is 13.3. The number of likely N-dealkylation sites (tertiary alicyclic amines) is 1. The second-order valence-corrected chi connectivity index (χ2v) is 6.27. The van der Waals surface area contributed by atoms with Crippen molar-refractivity contribution in [2.24, 2.45) is 5.41 Å². The van der Waals surface area contributed by atoms with Crippen molar-refractivity contribution in [3.63, 3.8) is 0 Å². The molecule has 1 saturated heterocycles. The van der Waals surface area contributed by atoms with Crippen LogP contribution in [0.15, 0.2) is 18.2 Å². The molecule has 0 aromatic heterocycles. The summed E-state index contributed by atoms with van der Waals surface area (Å²) in [6.07, 6.45) is 4.06. The first-order valence-corrected chi connectivity index (χ1v) is 7.89. The quantitative estimate of drug-likeness (QED) is 0.668. The first kappa shape index (κ1) is 14.6. The molecule has 0 bridgehead atoms. The lowest BCUT2D eigenvalue weighted by molar-refractivity contribution is 0.110. The summed E-state index contributed by atoms with van der Waals surface area (Å²) in [6.45, 7) is 11.2. The molecule has 0 N–H and O–H groups in total. The number of aryl methyl sites for hydroxylation is 1. The number of benzene rings is 1. The maximum absolute atomic E-state index is 2.48. The molecular weight excluding hydrogens is 230 g/mol. The lowest BCUT2D eigenvalue weighted by atomic mass is 9.70. The summed E-state index contributed by atoms with van der Waals surface area (Å²) >= 11 is 0. The fourth-order valence-electron chi connectivity index (χ4n) is 3.81. The highest BCUT2D eigenvalue weighted by molar-refractivity contribution is 5.41. The van der Waals surface area contributed by atoms with Crippen molar-refractivity contribution >= 4 is 0 Å². The Kier molecular flexibility index (Phi) is 4.35. The van der Waals surface area contributed by atoms with Gasteiger partial charge in [0.15, 0.2) is 0 Å². The van der Waals surface area contributed by atoms with Crippen LogP contribution in [-0.2, 0) is 6.42 Å². The van der Waals surface area contributed by atoms with E-state index >= 15 is 0 Å². The van der Waals surface area contributed by atoms with Gasteiger partial charge in [-0.3, -0.25) is 0 Å². The van der Waals surface area contributed by atoms with E-state index in [-0.39, 0.29) is 0 Å². The molecule has 1 heteroatoms. The molecule has 1 aliphatic heterocycles. The Morgan fingerprint density at radius 2 is 1.79 bits per heavy atom. The lowest BCUT2D eigenvalue weighted by Gasteiger charge is -2.41. The molecule has 0 saturated carbocycles. The van der Waals surface area contributed by atoms with Crippen molar-refractivity contribution in [3.8, 4) is 0 Å². The van der Waals surface area contributed by atoms with Gasteiger partial charge in [-0.2, -0.15) is 0 Å². The first-order chi connectivity index (χ1) is 9.11. The number of piperidine rings is 1. The van der Waals surface area contributed by atoms with Gasteiger partial charge in [0, 0.05) is 0 Å². The third kappa shape index (κ3) is 2.58. The monoisotopic (exact) mass is 259 g/mol. The topological polar surface area (TPSA) is 3.24 Å². The number of rotatable bonds is 0. The minimum Gasteiger partial charge on any atom is -0.306 e. The highest BCUT2D eigenvalue weighted by Crippen LogP contribution is 2.52. The largest absolute Gasteiger partial charge is 0.306 e. The van der Waals surface area contributed by atoms with E-state index in [2.05, 4.69) is 44.0 Å². The van der Waals surface area contributed by atoms with Crippen LogP contribution in [0.25, 0.3) is 0 Å². The van der Waals surface area contributed by atoms with Gasteiger partial charge in [0.2, 0.25) is 0 Å². The highest BCUT2D eigenvalue weighted by Gasteiger charge is 2.44. The summed E-state index contributed by atoms with van der Waals surface area (Å²) in [5.74, 6) is 0.756. The zero-order chi connectivity index (χ0) is 14.0. The van der Waals surface area contributed by atoms with Crippen LogP contribution in [0.1, 0.15) is 56.2 Å². The van der Waals surface area contributed by atoms with E-state index < -0.39 is 0 Å². The van der Waals surface area contributed by atoms with Gasteiger partial charge in [0.05, 0.1) is 0 Å². The standard InChI is InChI=1S/C16H23N.C2H6/c1-12-4-5-14-11-16(13(2)15(14)10-12)6-8-17(3)9-7-16;1-2/h4-5,10,13H,6-9,11H2,1-3H3;1-2H3. The molecular formula is C18H29N. The Morgan fingerprint density at radius 3 is 2.42 bits per heavy atom. The van der Waals surface area contributed by atoms with Crippen molar-refractivity contribution in [1.29, 1.82) is 0 Å². The number of hydrogen-bond donors (Lipinski definition) is 0. The van der Waals surface area contributed by atoms with Gasteiger partial charge in [-0.1, -0.05) is 44.5 Å². The number of nitrogens with zero attached hydrogens (tertiary/aromatic N) is 1. The smallest absolute Gasteiger partial charge is 0.00162 e. The predicted molar refractivity (Wildman–Crippen MR) is 83.8 cm³/mol. The highest BCUT2D eigenvalue weighted by atomic mass is 15.1. The van der Waals surface area contributed by atoms with Crippen molar-refractivity contribution in [3.05, 3.63) is 34.9 Å². The third-order valence-corrected chi connectivity index (χ3v) is 5.21. The van der Waals surface area contributed by atoms with Crippen molar-refractivity contribution in [2.45, 2.75) is 52.9 Å². The molecule has 106 valence electrons. The molecule has 1 aromatic carbocycles. The van der Waals surface area contributed by atoms with Gasteiger partial charge >= 0.3 is 0 Å². The van der Waals surface area contributed by atoms with Crippen LogP contribution < -0.4 is 0 Å². The average Bonchev–Trinajstić information content (AvgIpc) is 2.70. The van der Waals surface area contributed by atoms with Crippen LogP contribution in [0.4, 0.5) is 0 Å². The molecule has 19 heavy (non-hydrogen) atoms. The minimum atomic E-state index is 0.572. The van der Waals surface area contributed by atoms with E-state index in [1.165, 1.54) is 37.9 Å². The Balaban J connectivity index is 0.000000637. The maximum Gasteiger partial charge on any atom is -0.00162 e. The fourth-order valence-corrected chi connectivity index (χ4v) is 3.81. The van der Waals surface area contributed by atoms with E-state index in [0.29, 0.717) is 5.41 Å². The van der Waals surface area contributed by atoms with Gasteiger partial charge in [0.25, 0.3) is 0 Å². The molecule has 1 heterocycles. The van der Waals surface area contributed by atoms with Crippen LogP contribution in [0, 0.1) is 12.3 Å². The van der Waals surface area contributed by atoms with Crippen molar-refractivity contribution in [2.75, 3.05) is 20.1 Å². The Hall–Kier alpha value is -0.820. The van der Waals surface area contributed by atoms with Crippen molar-refractivity contribution < 1.29 is 0 Å². The Morgan fingerprint density at radius 1 is 1.16 bits per heavy atom. The van der Waals surface area contributed by atoms with E-state index in [1.54, 1.807) is 11.1 Å². The van der Waals surface area contributed by atoms with Gasteiger partial charge < -0.3 is 4.90 Å². The second kappa shape index (κ2) is 5.66. The summed E-state index contributed by atoms with van der Waals surface area (Å²) in [6, 6.07) is 7.07. The predicted octanol–water partition coefficient (Wildman–Crippen LogP) is 4.39. The average molecular weight is 259 g/mol. The summed E-state index contributed by atoms with van der Waals surface area (Å²) in [5.41, 5.74) is 5.24. The van der Waals surface area contributed by atoms with Crippen molar-refractivity contribution in [1.82, 2.24) is 4.90 Å². The lowest BCUT2D eigenvalue weighted by Crippen LogP contribution is -2.39. The van der Waals surface area contributed by atoms with Crippen LogP contribution in [0.3, 0.4) is 0 Å². The van der Waals surface area contributed by atoms with Gasteiger partial charge in [-0.05, 0) is 68.8 Å². The molecule has 1 aliphatic carbocycles.